The Morgan fingerprint density at radius 3 is 2.47 bits per heavy atom. The Labute approximate surface area is 238 Å². The number of rotatable bonds is 7. The number of fused-ring (bicyclic) bond motifs is 1. The van der Waals surface area contributed by atoms with Gasteiger partial charge >= 0.3 is 0 Å². The number of hydrogen-bond donors (Lipinski definition) is 1. The van der Waals surface area contributed by atoms with Crippen LogP contribution in [0.25, 0.3) is 0 Å². The van der Waals surface area contributed by atoms with Gasteiger partial charge in [0.2, 0.25) is 5.91 Å². The Bertz CT molecular complexity index is 944. The summed E-state index contributed by atoms with van der Waals surface area (Å²) in [5, 5.41) is 3.56. The Balaban J connectivity index is 0.00000253. The summed E-state index contributed by atoms with van der Waals surface area (Å²) in [4.78, 5) is 24.5. The van der Waals surface area contributed by atoms with E-state index in [0.29, 0.717) is 24.3 Å². The van der Waals surface area contributed by atoms with Crippen LogP contribution >= 0.6 is 24.8 Å². The van der Waals surface area contributed by atoms with Crippen LogP contribution in [0.3, 0.4) is 0 Å². The summed E-state index contributed by atoms with van der Waals surface area (Å²) >= 11 is 0. The minimum Gasteiger partial charge on any atom is -0.373 e. The van der Waals surface area contributed by atoms with Crippen molar-refractivity contribution in [2.45, 2.75) is 90.0 Å². The number of aromatic nitrogens is 1. The number of piperazine rings is 1. The van der Waals surface area contributed by atoms with Crippen molar-refractivity contribution >= 4 is 36.4 Å². The maximum Gasteiger partial charge on any atom is 0.274 e. The van der Waals surface area contributed by atoms with E-state index < -0.39 is 5.92 Å². The quantitative estimate of drug-likeness (QED) is 0.522. The summed E-state index contributed by atoms with van der Waals surface area (Å²) < 4.78 is 35.3. The maximum atomic E-state index is 14.7. The normalized spacial score (nSPS) is 27.8. The molecule has 11 heteroatoms. The second kappa shape index (κ2) is 13.0. The van der Waals surface area contributed by atoms with Crippen LogP contribution in [0.4, 0.5) is 14.5 Å². The molecule has 0 aromatic carbocycles. The number of ether oxygens (including phenoxy) is 1. The van der Waals surface area contributed by atoms with E-state index in [0.717, 1.165) is 32.7 Å². The molecule has 4 rings (SSSR count). The van der Waals surface area contributed by atoms with Gasteiger partial charge in [-0.25, -0.2) is 8.78 Å². The summed E-state index contributed by atoms with van der Waals surface area (Å²) in [5.74, 6) is -3.01. The van der Waals surface area contributed by atoms with Crippen molar-refractivity contribution in [2.24, 2.45) is 0 Å². The Hall–Kier alpha value is -1.10. The van der Waals surface area contributed by atoms with Gasteiger partial charge in [0, 0.05) is 74.9 Å². The highest BCUT2D eigenvalue weighted by Gasteiger charge is 2.42. The average molecular weight is 581 g/mol. The van der Waals surface area contributed by atoms with E-state index in [9.17, 15) is 13.6 Å². The maximum absolute atomic E-state index is 14.7. The van der Waals surface area contributed by atoms with Crippen LogP contribution in [0.5, 0.6) is 0 Å². The number of alkyl halides is 2. The van der Waals surface area contributed by atoms with E-state index in [1.807, 2.05) is 13.8 Å². The van der Waals surface area contributed by atoms with Gasteiger partial charge in [0.05, 0.1) is 30.1 Å². The van der Waals surface area contributed by atoms with E-state index in [4.69, 9.17) is 4.74 Å². The zero-order chi connectivity index (χ0) is 26.3. The Kier molecular flexibility index (Phi) is 11.4. The van der Waals surface area contributed by atoms with Crippen LogP contribution in [0.1, 0.15) is 65.6 Å². The lowest BCUT2D eigenvalue weighted by molar-refractivity contribution is -0.121. The topological polar surface area (TPSA) is 60.9 Å². The van der Waals surface area contributed by atoms with E-state index in [-0.39, 0.29) is 79.0 Å². The van der Waals surface area contributed by atoms with E-state index in [1.54, 1.807) is 11.8 Å². The number of halogens is 4. The Morgan fingerprint density at radius 1 is 1.18 bits per heavy atom. The SMILES string of the molecule is CCCC(F)(F)c1cnc2c(c1)N(C(=O)CN1C[C@@H](C)NC[C@@H]1CN1CC(C)OC(C)C1)CC2(C)C.Cl.Cl. The molecule has 1 aromatic rings. The number of pyridine rings is 1. The highest BCUT2D eigenvalue weighted by atomic mass is 35.5. The molecule has 0 saturated carbocycles. The summed E-state index contributed by atoms with van der Waals surface area (Å²) in [5.41, 5.74) is 0.755. The van der Waals surface area contributed by atoms with Crippen molar-refractivity contribution in [3.05, 3.63) is 23.5 Å². The number of anilines is 1. The fourth-order valence-electron chi connectivity index (χ4n) is 6.01. The third kappa shape index (κ3) is 7.34. The number of carbonyl (C=O) groups is 1. The molecule has 3 aliphatic heterocycles. The molecule has 1 N–H and O–H groups in total. The van der Waals surface area contributed by atoms with Gasteiger partial charge in [0.25, 0.3) is 5.92 Å². The van der Waals surface area contributed by atoms with Crippen LogP contribution in [-0.2, 0) is 20.9 Å². The molecule has 1 aromatic heterocycles. The standard InChI is InChI=1S/C27H43F2N5O2.2ClH/c1-7-8-27(28,29)21-9-23-25(31-10-21)26(5,6)17-34(23)24(35)16-33-12-18(2)30-11-22(33)15-32-13-19(3)36-20(4)14-32;;/h9-10,18-20,22,30H,7-8,11-17H2,1-6H3;2*1H/t18-,19?,20?,22-;;/m1../s1. The molecule has 38 heavy (non-hydrogen) atoms. The molecule has 0 aliphatic carbocycles. The monoisotopic (exact) mass is 579 g/mol. The fourth-order valence-corrected chi connectivity index (χ4v) is 6.01. The third-order valence-electron chi connectivity index (χ3n) is 7.67. The van der Waals surface area contributed by atoms with Crippen LogP contribution < -0.4 is 10.2 Å². The highest BCUT2D eigenvalue weighted by molar-refractivity contribution is 5.97. The van der Waals surface area contributed by atoms with Crippen molar-refractivity contribution < 1.29 is 18.3 Å². The van der Waals surface area contributed by atoms with Gasteiger partial charge in [-0.2, -0.15) is 0 Å². The lowest BCUT2D eigenvalue weighted by Crippen LogP contribution is -2.62. The summed E-state index contributed by atoms with van der Waals surface area (Å²) in [7, 11) is 0. The van der Waals surface area contributed by atoms with Gasteiger partial charge < -0.3 is 15.0 Å². The van der Waals surface area contributed by atoms with E-state index in [2.05, 4.69) is 40.9 Å². The molecule has 4 atom stereocenters. The van der Waals surface area contributed by atoms with Crippen LogP contribution in [-0.4, -0.2) is 90.8 Å². The number of hydrogen-bond acceptors (Lipinski definition) is 6. The summed E-state index contributed by atoms with van der Waals surface area (Å²) in [6, 6.07) is 1.97. The first-order valence-electron chi connectivity index (χ1n) is 13.4. The molecular formula is C27H45Cl2F2N5O2. The highest BCUT2D eigenvalue weighted by Crippen LogP contribution is 2.42. The zero-order valence-corrected chi connectivity index (χ0v) is 25.1. The summed E-state index contributed by atoms with van der Waals surface area (Å²) in [6.45, 7) is 17.0. The van der Waals surface area contributed by atoms with Gasteiger partial charge in [0.1, 0.15) is 0 Å². The average Bonchev–Trinajstić information content (AvgIpc) is 3.05. The minimum absolute atomic E-state index is 0. The molecule has 0 spiro atoms. The zero-order valence-electron chi connectivity index (χ0n) is 23.5. The predicted molar refractivity (Wildman–Crippen MR) is 152 cm³/mol. The Morgan fingerprint density at radius 2 is 1.84 bits per heavy atom. The number of nitrogens with one attached hydrogen (secondary N) is 1. The molecule has 0 bridgehead atoms. The molecule has 2 fully saturated rings. The van der Waals surface area contributed by atoms with Crippen molar-refractivity contribution in [2.75, 3.05) is 50.7 Å². The molecular weight excluding hydrogens is 535 g/mol. The molecule has 4 heterocycles. The molecule has 2 saturated heterocycles. The van der Waals surface area contributed by atoms with Gasteiger partial charge in [-0.3, -0.25) is 19.6 Å². The van der Waals surface area contributed by atoms with Crippen molar-refractivity contribution in [3.8, 4) is 0 Å². The minimum atomic E-state index is -2.95. The number of nitrogens with zero attached hydrogens (tertiary/aromatic N) is 4. The van der Waals surface area contributed by atoms with Crippen LogP contribution in [0.15, 0.2) is 12.3 Å². The summed E-state index contributed by atoms with van der Waals surface area (Å²) in [6.07, 6.45) is 1.82. The van der Waals surface area contributed by atoms with Crippen molar-refractivity contribution in [1.29, 1.82) is 0 Å². The van der Waals surface area contributed by atoms with Gasteiger partial charge in [0.15, 0.2) is 0 Å². The second-order valence-electron chi connectivity index (χ2n) is 11.8. The molecule has 3 aliphatic rings. The third-order valence-corrected chi connectivity index (χ3v) is 7.67. The molecule has 218 valence electrons. The number of amides is 1. The van der Waals surface area contributed by atoms with Crippen molar-refractivity contribution in [3.63, 3.8) is 0 Å². The van der Waals surface area contributed by atoms with E-state index in [1.165, 1.54) is 12.3 Å². The largest absolute Gasteiger partial charge is 0.373 e. The predicted octanol–water partition coefficient (Wildman–Crippen LogP) is 4.21. The molecule has 1 amide bonds. The number of morpholine rings is 1. The van der Waals surface area contributed by atoms with Gasteiger partial charge in [-0.05, 0) is 26.8 Å². The first-order chi connectivity index (χ1) is 16.9. The van der Waals surface area contributed by atoms with Gasteiger partial charge in [-0.15, -0.1) is 24.8 Å². The first-order valence-corrected chi connectivity index (χ1v) is 13.4. The molecule has 0 radical (unpaired) electrons. The fraction of sp³-hybridized carbons (Fsp3) is 0.778. The molecule has 2 unspecified atom stereocenters. The van der Waals surface area contributed by atoms with Crippen LogP contribution in [0.2, 0.25) is 0 Å². The first kappa shape index (κ1) is 33.1. The van der Waals surface area contributed by atoms with Crippen molar-refractivity contribution in [1.82, 2.24) is 20.1 Å². The number of carbonyl (C=O) groups excluding carboxylic acids is 1. The second-order valence-corrected chi connectivity index (χ2v) is 11.8. The molecule has 7 nitrogen and oxygen atoms in total. The van der Waals surface area contributed by atoms with E-state index >= 15 is 0 Å². The van der Waals surface area contributed by atoms with Crippen LogP contribution in [0, 0.1) is 0 Å². The lowest BCUT2D eigenvalue weighted by Gasteiger charge is -2.44. The van der Waals surface area contributed by atoms with Gasteiger partial charge in [-0.1, -0.05) is 27.2 Å². The lowest BCUT2D eigenvalue weighted by atomic mass is 9.91. The smallest absolute Gasteiger partial charge is 0.274 e.